The lowest BCUT2D eigenvalue weighted by molar-refractivity contribution is -0.114. The maximum atomic E-state index is 13.6. The van der Waals surface area contributed by atoms with Crippen molar-refractivity contribution in [2.45, 2.75) is 33.1 Å². The molecule has 4 aromatic carbocycles. The van der Waals surface area contributed by atoms with Gasteiger partial charge in [0.15, 0.2) is 11.5 Å². The number of benzene rings is 4. The third-order valence-electron chi connectivity index (χ3n) is 6.35. The molecule has 5 aromatic rings. The molecule has 190 valence electrons. The standard InChI is InChI=1S/C32H29N3O3/c1-20(36)33-25-18-14-22(15-19-25)29-28(30(37)34-27-11-7-9-21-8-5-6-10-26(21)27)35-31(38-29)23-12-16-24(17-13-23)32(2,3)4/h5-19H,1-4H3,(H,33,36)(H,34,37). The van der Waals surface area contributed by atoms with Crippen molar-refractivity contribution < 1.29 is 14.0 Å². The Labute approximate surface area is 221 Å². The van der Waals surface area contributed by atoms with Crippen molar-refractivity contribution in [1.29, 1.82) is 0 Å². The molecule has 0 saturated carbocycles. The van der Waals surface area contributed by atoms with Crippen LogP contribution in [0, 0.1) is 0 Å². The molecule has 0 atom stereocenters. The molecular weight excluding hydrogens is 474 g/mol. The number of hydrogen-bond acceptors (Lipinski definition) is 4. The molecule has 0 bridgehead atoms. The molecule has 0 radical (unpaired) electrons. The van der Waals surface area contributed by atoms with E-state index in [1.807, 2.05) is 54.6 Å². The average Bonchev–Trinajstić information content (AvgIpc) is 3.34. The number of hydrogen-bond donors (Lipinski definition) is 2. The molecule has 0 aliphatic carbocycles. The van der Waals surface area contributed by atoms with Gasteiger partial charge >= 0.3 is 0 Å². The van der Waals surface area contributed by atoms with Crippen LogP contribution in [0.4, 0.5) is 11.4 Å². The highest BCUT2D eigenvalue weighted by Crippen LogP contribution is 2.33. The first-order valence-electron chi connectivity index (χ1n) is 12.5. The molecule has 38 heavy (non-hydrogen) atoms. The van der Waals surface area contributed by atoms with E-state index in [1.54, 1.807) is 24.3 Å². The van der Waals surface area contributed by atoms with Gasteiger partial charge in [-0.25, -0.2) is 4.98 Å². The number of nitrogens with zero attached hydrogens (tertiary/aromatic N) is 1. The van der Waals surface area contributed by atoms with Gasteiger partial charge in [0.05, 0.1) is 0 Å². The molecule has 2 amide bonds. The van der Waals surface area contributed by atoms with E-state index < -0.39 is 0 Å². The first kappa shape index (κ1) is 25.0. The Bertz CT molecular complexity index is 1620. The molecule has 2 N–H and O–H groups in total. The van der Waals surface area contributed by atoms with Crippen LogP contribution in [-0.2, 0) is 10.2 Å². The van der Waals surface area contributed by atoms with Gasteiger partial charge in [0.2, 0.25) is 11.8 Å². The van der Waals surface area contributed by atoms with Gasteiger partial charge < -0.3 is 15.1 Å². The van der Waals surface area contributed by atoms with Crippen molar-refractivity contribution in [3.8, 4) is 22.8 Å². The number of carbonyl (C=O) groups excluding carboxylic acids is 2. The number of anilines is 2. The van der Waals surface area contributed by atoms with E-state index in [2.05, 4.69) is 48.5 Å². The van der Waals surface area contributed by atoms with Crippen molar-refractivity contribution >= 4 is 34.0 Å². The van der Waals surface area contributed by atoms with Crippen LogP contribution >= 0.6 is 0 Å². The molecule has 6 nitrogen and oxygen atoms in total. The van der Waals surface area contributed by atoms with Crippen LogP contribution in [0.25, 0.3) is 33.6 Å². The minimum absolute atomic E-state index is 0.0133. The molecule has 0 saturated heterocycles. The fourth-order valence-electron chi connectivity index (χ4n) is 4.33. The van der Waals surface area contributed by atoms with E-state index in [0.29, 0.717) is 28.6 Å². The summed E-state index contributed by atoms with van der Waals surface area (Å²) >= 11 is 0. The third-order valence-corrected chi connectivity index (χ3v) is 6.35. The zero-order valence-corrected chi connectivity index (χ0v) is 21.8. The summed E-state index contributed by atoms with van der Waals surface area (Å²) in [6.07, 6.45) is 0. The largest absolute Gasteiger partial charge is 0.435 e. The van der Waals surface area contributed by atoms with Gasteiger partial charge in [0.1, 0.15) is 0 Å². The lowest BCUT2D eigenvalue weighted by atomic mass is 9.87. The summed E-state index contributed by atoms with van der Waals surface area (Å²) in [7, 11) is 0. The minimum Gasteiger partial charge on any atom is -0.435 e. The fraction of sp³-hybridized carbons (Fsp3) is 0.156. The molecule has 5 rings (SSSR count). The van der Waals surface area contributed by atoms with Crippen molar-refractivity contribution in [2.75, 3.05) is 10.6 Å². The molecule has 0 fully saturated rings. The zero-order valence-electron chi connectivity index (χ0n) is 21.8. The van der Waals surface area contributed by atoms with Crippen LogP contribution in [0.2, 0.25) is 0 Å². The summed E-state index contributed by atoms with van der Waals surface area (Å²) in [4.78, 5) is 29.7. The van der Waals surface area contributed by atoms with Crippen molar-refractivity contribution in [2.24, 2.45) is 0 Å². The number of nitrogens with one attached hydrogen (secondary N) is 2. The van der Waals surface area contributed by atoms with E-state index in [1.165, 1.54) is 12.5 Å². The van der Waals surface area contributed by atoms with Gasteiger partial charge in [-0.2, -0.15) is 0 Å². The second kappa shape index (κ2) is 9.98. The van der Waals surface area contributed by atoms with Gasteiger partial charge in [-0.1, -0.05) is 69.3 Å². The van der Waals surface area contributed by atoms with Gasteiger partial charge in [-0.05, 0) is 58.8 Å². The van der Waals surface area contributed by atoms with E-state index >= 15 is 0 Å². The molecule has 0 spiro atoms. The Morgan fingerprint density at radius 3 is 2.11 bits per heavy atom. The predicted molar refractivity (Wildman–Crippen MR) is 152 cm³/mol. The molecule has 0 aliphatic rings. The molecule has 1 heterocycles. The van der Waals surface area contributed by atoms with Crippen LogP contribution in [0.3, 0.4) is 0 Å². The number of carbonyl (C=O) groups is 2. The second-order valence-corrected chi connectivity index (χ2v) is 10.3. The summed E-state index contributed by atoms with van der Waals surface area (Å²) in [5, 5.41) is 7.74. The second-order valence-electron chi connectivity index (χ2n) is 10.3. The third kappa shape index (κ3) is 5.20. The Morgan fingerprint density at radius 1 is 0.763 bits per heavy atom. The van der Waals surface area contributed by atoms with E-state index in [-0.39, 0.29) is 22.9 Å². The molecule has 0 unspecified atom stereocenters. The Morgan fingerprint density at radius 2 is 1.42 bits per heavy atom. The smallest absolute Gasteiger partial charge is 0.278 e. The summed E-state index contributed by atoms with van der Waals surface area (Å²) in [6, 6.07) is 28.8. The number of fused-ring (bicyclic) bond motifs is 1. The number of amides is 2. The highest BCUT2D eigenvalue weighted by molar-refractivity contribution is 6.10. The summed E-state index contributed by atoms with van der Waals surface area (Å²) in [6.45, 7) is 7.93. The first-order valence-corrected chi connectivity index (χ1v) is 12.5. The highest BCUT2D eigenvalue weighted by atomic mass is 16.4. The minimum atomic E-state index is -0.372. The van der Waals surface area contributed by atoms with Gasteiger partial charge in [0, 0.05) is 34.8 Å². The first-order chi connectivity index (χ1) is 18.2. The van der Waals surface area contributed by atoms with Crippen molar-refractivity contribution in [1.82, 2.24) is 4.98 Å². The van der Waals surface area contributed by atoms with Crippen LogP contribution in [0.15, 0.2) is 95.4 Å². The Hall–Kier alpha value is -4.71. The van der Waals surface area contributed by atoms with Gasteiger partial charge in [0.25, 0.3) is 5.91 Å². The Kier molecular flexibility index (Phi) is 6.55. The molecule has 1 aromatic heterocycles. The fourth-order valence-corrected chi connectivity index (χ4v) is 4.33. The van der Waals surface area contributed by atoms with E-state index in [0.717, 1.165) is 16.3 Å². The summed E-state index contributed by atoms with van der Waals surface area (Å²) < 4.78 is 6.22. The highest BCUT2D eigenvalue weighted by Gasteiger charge is 2.23. The Balaban J connectivity index is 1.55. The number of oxazole rings is 1. The predicted octanol–water partition coefficient (Wildman–Crippen LogP) is 7.67. The zero-order chi connectivity index (χ0) is 26.9. The lowest BCUT2D eigenvalue weighted by Crippen LogP contribution is -2.14. The number of rotatable bonds is 5. The maximum absolute atomic E-state index is 13.6. The molecule has 6 heteroatoms. The van der Waals surface area contributed by atoms with Crippen molar-refractivity contribution in [3.63, 3.8) is 0 Å². The van der Waals surface area contributed by atoms with Gasteiger partial charge in [-0.15, -0.1) is 0 Å². The average molecular weight is 504 g/mol. The maximum Gasteiger partial charge on any atom is 0.278 e. The van der Waals surface area contributed by atoms with E-state index in [4.69, 9.17) is 4.42 Å². The van der Waals surface area contributed by atoms with Crippen LogP contribution in [-0.4, -0.2) is 16.8 Å². The number of aromatic nitrogens is 1. The van der Waals surface area contributed by atoms with Crippen LogP contribution < -0.4 is 10.6 Å². The van der Waals surface area contributed by atoms with Crippen LogP contribution in [0.1, 0.15) is 43.7 Å². The monoisotopic (exact) mass is 503 g/mol. The normalized spacial score (nSPS) is 11.4. The van der Waals surface area contributed by atoms with E-state index in [9.17, 15) is 9.59 Å². The quantitative estimate of drug-likeness (QED) is 0.258. The topological polar surface area (TPSA) is 84.2 Å². The summed E-state index contributed by atoms with van der Waals surface area (Å²) in [5.41, 5.74) is 4.18. The van der Waals surface area contributed by atoms with Crippen LogP contribution in [0.5, 0.6) is 0 Å². The lowest BCUT2D eigenvalue weighted by Gasteiger charge is -2.18. The van der Waals surface area contributed by atoms with Crippen molar-refractivity contribution in [3.05, 3.63) is 102 Å². The summed E-state index contributed by atoms with van der Waals surface area (Å²) in [5.74, 6) is 0.179. The van der Waals surface area contributed by atoms with Gasteiger partial charge in [-0.3, -0.25) is 9.59 Å². The molecular formula is C32H29N3O3. The molecule has 0 aliphatic heterocycles. The SMILES string of the molecule is CC(=O)Nc1ccc(-c2oc(-c3ccc(C(C)(C)C)cc3)nc2C(=O)Nc2cccc3ccccc23)cc1.